The number of rotatable bonds is 4. The van der Waals surface area contributed by atoms with Gasteiger partial charge in [0.05, 0.1) is 11.4 Å². The van der Waals surface area contributed by atoms with Crippen molar-refractivity contribution in [1.29, 1.82) is 0 Å². The molecule has 0 heterocycles. The van der Waals surface area contributed by atoms with Crippen molar-refractivity contribution >= 4 is 30.0 Å². The topological polar surface area (TPSA) is 36.8 Å². The monoisotopic (exact) mass is 360 g/mol. The van der Waals surface area contributed by atoms with Crippen LogP contribution in [0.3, 0.4) is 0 Å². The Morgan fingerprint density at radius 2 is 0.923 bits per heavy atom. The Hall–Kier alpha value is -3.16. The first-order chi connectivity index (χ1) is 12.4. The molecule has 0 saturated heterocycles. The minimum atomic E-state index is -6.00. The van der Waals surface area contributed by atoms with Gasteiger partial charge < -0.3 is 22.6 Å². The van der Waals surface area contributed by atoms with Crippen LogP contribution in [0.2, 0.25) is 0 Å². The highest BCUT2D eigenvalue weighted by Gasteiger charge is 2.20. The van der Waals surface area contributed by atoms with E-state index in [4.69, 9.17) is 0 Å². The number of hydrogen-bond acceptors (Lipinski definition) is 3. The van der Waals surface area contributed by atoms with Crippen molar-refractivity contribution in [1.82, 2.24) is 0 Å². The smallest absolute Gasteiger partial charge is 0.418 e. The fourth-order valence-corrected chi connectivity index (χ4v) is 1.91. The summed E-state index contributed by atoms with van der Waals surface area (Å²) in [6.45, 7) is 0. The lowest BCUT2D eigenvalue weighted by atomic mass is 10.2. The van der Waals surface area contributed by atoms with Crippen LogP contribution in [0, 0.1) is 0 Å². The van der Waals surface area contributed by atoms with Gasteiger partial charge in [0.2, 0.25) is 0 Å². The predicted octanol–water partition coefficient (Wildman–Crippen LogP) is 7.15. The summed E-state index contributed by atoms with van der Waals surface area (Å²) in [7, 11) is -6.00. The number of halogens is 4. The van der Waals surface area contributed by atoms with Gasteiger partial charge in [-0.15, -0.1) is 0 Å². The van der Waals surface area contributed by atoms with Crippen LogP contribution in [-0.4, -0.2) is 7.25 Å². The van der Waals surface area contributed by atoms with Crippen LogP contribution in [0.1, 0.15) is 0 Å². The average molecular weight is 360 g/mol. The third-order valence-electron chi connectivity index (χ3n) is 2.97. The van der Waals surface area contributed by atoms with Crippen LogP contribution in [0.15, 0.2) is 95.2 Å². The van der Waals surface area contributed by atoms with Gasteiger partial charge in [0.15, 0.2) is 0 Å². The van der Waals surface area contributed by atoms with Crippen LogP contribution < -0.4 is 5.32 Å². The summed E-state index contributed by atoms with van der Waals surface area (Å²) in [5.41, 5.74) is 3.78. The summed E-state index contributed by atoms with van der Waals surface area (Å²) in [4.78, 5) is 0. The highest BCUT2D eigenvalue weighted by atomic mass is 19.5. The van der Waals surface area contributed by atoms with E-state index >= 15 is 0 Å². The van der Waals surface area contributed by atoms with Gasteiger partial charge in [0, 0.05) is 11.4 Å². The molecule has 3 aromatic rings. The van der Waals surface area contributed by atoms with E-state index in [0.717, 1.165) is 22.7 Å². The number of hydrogen-bond donors (Lipinski definition) is 1. The van der Waals surface area contributed by atoms with E-state index in [9.17, 15) is 17.3 Å². The Balaban J connectivity index is 0.000000431. The van der Waals surface area contributed by atoms with Crippen molar-refractivity contribution in [3.63, 3.8) is 0 Å². The molecule has 134 valence electrons. The average Bonchev–Trinajstić information content (AvgIpc) is 2.62. The van der Waals surface area contributed by atoms with Crippen molar-refractivity contribution in [3.8, 4) is 0 Å². The standard InChI is InChI=1S/C18H15N3.BF4/c1-3-7-15(8-4-1)19-16-11-13-18(14-12-16)21-20-17-9-5-2-6-10-17;2-1(3,4)5/h1-14,19H;/q;-1. The van der Waals surface area contributed by atoms with Gasteiger partial charge in [-0.2, -0.15) is 10.2 Å². The Morgan fingerprint density at radius 1 is 0.538 bits per heavy atom. The number of para-hydroxylation sites is 1. The van der Waals surface area contributed by atoms with E-state index in [1.165, 1.54) is 0 Å². The van der Waals surface area contributed by atoms with E-state index in [-0.39, 0.29) is 0 Å². The SMILES string of the molecule is F[B-](F)(F)F.c1ccc(N=Nc2ccc(Nc3ccccc3)cc2)cc1. The maximum Gasteiger partial charge on any atom is 0.673 e. The third kappa shape index (κ3) is 8.10. The molecule has 0 spiro atoms. The number of anilines is 2. The van der Waals surface area contributed by atoms with Crippen molar-refractivity contribution in [2.45, 2.75) is 0 Å². The van der Waals surface area contributed by atoms with Gasteiger partial charge >= 0.3 is 7.25 Å². The molecule has 0 aliphatic carbocycles. The van der Waals surface area contributed by atoms with Crippen LogP contribution >= 0.6 is 0 Å². The van der Waals surface area contributed by atoms with Gasteiger partial charge in [0.25, 0.3) is 0 Å². The summed E-state index contributed by atoms with van der Waals surface area (Å²) in [6.07, 6.45) is 0. The van der Waals surface area contributed by atoms with Gasteiger partial charge in [0.1, 0.15) is 0 Å². The van der Waals surface area contributed by atoms with Gasteiger partial charge in [-0.3, -0.25) is 0 Å². The van der Waals surface area contributed by atoms with E-state index in [0.29, 0.717) is 0 Å². The fraction of sp³-hybridized carbons (Fsp3) is 0. The Labute approximate surface area is 148 Å². The molecular weight excluding hydrogens is 345 g/mol. The van der Waals surface area contributed by atoms with Gasteiger partial charge in [-0.1, -0.05) is 36.4 Å². The second kappa shape index (κ2) is 9.36. The molecule has 0 aliphatic heterocycles. The van der Waals surface area contributed by atoms with E-state index in [1.54, 1.807) is 0 Å². The van der Waals surface area contributed by atoms with Crippen molar-refractivity contribution in [2.24, 2.45) is 10.2 Å². The van der Waals surface area contributed by atoms with E-state index in [2.05, 4.69) is 15.5 Å². The number of azo groups is 1. The zero-order valence-electron chi connectivity index (χ0n) is 13.6. The molecule has 0 amide bonds. The van der Waals surface area contributed by atoms with Crippen LogP contribution in [0.25, 0.3) is 0 Å². The molecule has 8 heteroatoms. The lowest BCUT2D eigenvalue weighted by Gasteiger charge is -2.05. The maximum atomic E-state index is 9.75. The normalized spacial score (nSPS) is 10.9. The maximum absolute atomic E-state index is 9.75. The summed E-state index contributed by atoms with van der Waals surface area (Å²) in [6, 6.07) is 27.6. The first-order valence-corrected chi connectivity index (χ1v) is 7.66. The molecule has 0 aromatic heterocycles. The minimum absolute atomic E-state index is 0.831. The molecular formula is C18H15BF4N3-. The zero-order chi connectivity index (χ0) is 18.8. The number of nitrogens with one attached hydrogen (secondary N) is 1. The molecule has 0 bridgehead atoms. The molecule has 0 saturated carbocycles. The van der Waals surface area contributed by atoms with Gasteiger partial charge in [-0.25, -0.2) is 0 Å². The van der Waals surface area contributed by atoms with Gasteiger partial charge in [-0.05, 0) is 48.5 Å². The van der Waals surface area contributed by atoms with Crippen molar-refractivity contribution in [3.05, 3.63) is 84.9 Å². The summed E-state index contributed by atoms with van der Waals surface area (Å²) >= 11 is 0. The quantitative estimate of drug-likeness (QED) is 0.299. The van der Waals surface area contributed by atoms with E-state index < -0.39 is 7.25 Å². The number of nitrogens with zero attached hydrogens (tertiary/aromatic N) is 2. The van der Waals surface area contributed by atoms with Crippen molar-refractivity contribution in [2.75, 3.05) is 5.32 Å². The largest absolute Gasteiger partial charge is 0.673 e. The first-order valence-electron chi connectivity index (χ1n) is 7.66. The molecule has 0 radical (unpaired) electrons. The Morgan fingerprint density at radius 3 is 1.42 bits per heavy atom. The minimum Gasteiger partial charge on any atom is -0.418 e. The Bertz CT molecular complexity index is 801. The summed E-state index contributed by atoms with van der Waals surface area (Å²) < 4.78 is 39.0. The lowest BCUT2D eigenvalue weighted by molar-refractivity contribution is 0.368. The number of benzene rings is 3. The second-order valence-electron chi connectivity index (χ2n) is 5.07. The second-order valence-corrected chi connectivity index (χ2v) is 5.07. The van der Waals surface area contributed by atoms with Crippen molar-refractivity contribution < 1.29 is 17.3 Å². The molecule has 3 nitrogen and oxygen atoms in total. The molecule has 0 aliphatic rings. The van der Waals surface area contributed by atoms with Crippen LogP contribution in [-0.2, 0) is 0 Å². The molecule has 26 heavy (non-hydrogen) atoms. The lowest BCUT2D eigenvalue weighted by Crippen LogP contribution is -2.02. The molecule has 3 rings (SSSR count). The summed E-state index contributed by atoms with van der Waals surface area (Å²) in [5.74, 6) is 0. The fourth-order valence-electron chi connectivity index (χ4n) is 1.91. The predicted molar refractivity (Wildman–Crippen MR) is 97.0 cm³/mol. The molecule has 1 N–H and O–H groups in total. The highest BCUT2D eigenvalue weighted by molar-refractivity contribution is 6.50. The molecule has 0 unspecified atom stereocenters. The third-order valence-corrected chi connectivity index (χ3v) is 2.97. The van der Waals surface area contributed by atoms with Crippen LogP contribution in [0.4, 0.5) is 40.0 Å². The van der Waals surface area contributed by atoms with Crippen LogP contribution in [0.5, 0.6) is 0 Å². The molecule has 3 aromatic carbocycles. The molecule has 0 fully saturated rings. The molecule has 0 atom stereocenters. The zero-order valence-corrected chi connectivity index (χ0v) is 13.6. The summed E-state index contributed by atoms with van der Waals surface area (Å²) in [5, 5.41) is 11.7. The van der Waals surface area contributed by atoms with E-state index in [1.807, 2.05) is 84.9 Å². The Kier molecular flexibility index (Phi) is 6.90. The first kappa shape index (κ1) is 19.2. The highest BCUT2D eigenvalue weighted by Crippen LogP contribution is 2.22.